The highest BCUT2D eigenvalue weighted by atomic mass is 16.5. The molecule has 4 rings (SSSR count). The van der Waals surface area contributed by atoms with Crippen LogP contribution in [0.3, 0.4) is 0 Å². The Bertz CT molecular complexity index is 1010. The Morgan fingerprint density at radius 3 is 2.59 bits per heavy atom. The van der Waals surface area contributed by atoms with Crippen LogP contribution in [0.15, 0.2) is 48.7 Å². The van der Waals surface area contributed by atoms with Crippen LogP contribution in [-0.4, -0.2) is 58.1 Å². The number of benzene rings is 1. The number of hydrogen-bond donors (Lipinski definition) is 1. The fourth-order valence-electron chi connectivity index (χ4n) is 3.64. The average Bonchev–Trinajstić information content (AvgIpc) is 3.21. The van der Waals surface area contributed by atoms with Crippen LogP contribution in [0, 0.1) is 0 Å². The van der Waals surface area contributed by atoms with Gasteiger partial charge in [-0.05, 0) is 49.2 Å². The van der Waals surface area contributed by atoms with Crippen LogP contribution in [0.2, 0.25) is 0 Å². The Morgan fingerprint density at radius 2 is 1.86 bits per heavy atom. The first-order chi connectivity index (χ1) is 14.2. The Balaban J connectivity index is 1.29. The normalized spacial score (nSPS) is 14.7. The summed E-state index contributed by atoms with van der Waals surface area (Å²) in [5.41, 5.74) is 1.33. The lowest BCUT2D eigenvalue weighted by atomic mass is 9.96. The van der Waals surface area contributed by atoms with Gasteiger partial charge in [-0.15, -0.1) is 10.2 Å². The van der Waals surface area contributed by atoms with Gasteiger partial charge in [0.2, 0.25) is 5.91 Å². The number of methoxy groups -OCH3 is 1. The second kappa shape index (κ2) is 8.30. The lowest BCUT2D eigenvalue weighted by Crippen LogP contribution is -2.43. The van der Waals surface area contributed by atoms with Gasteiger partial charge < -0.3 is 15.0 Å². The predicted molar refractivity (Wildman–Crippen MR) is 107 cm³/mol. The van der Waals surface area contributed by atoms with E-state index in [2.05, 4.69) is 15.5 Å². The Labute approximate surface area is 168 Å². The van der Waals surface area contributed by atoms with Crippen LogP contribution >= 0.6 is 0 Å². The molecule has 2 amide bonds. The molecule has 1 aromatic carbocycles. The van der Waals surface area contributed by atoms with E-state index in [-0.39, 0.29) is 24.3 Å². The van der Waals surface area contributed by atoms with Gasteiger partial charge in [-0.3, -0.25) is 14.0 Å². The smallest absolute Gasteiger partial charge is 0.251 e. The first-order valence-corrected chi connectivity index (χ1v) is 9.65. The van der Waals surface area contributed by atoms with E-state index in [1.54, 1.807) is 36.3 Å². The van der Waals surface area contributed by atoms with Crippen molar-refractivity contribution in [2.24, 2.45) is 0 Å². The molecule has 0 unspecified atom stereocenters. The van der Waals surface area contributed by atoms with Gasteiger partial charge in [0.05, 0.1) is 13.7 Å². The predicted octanol–water partition coefficient (Wildman–Crippen LogP) is 1.87. The Kier molecular flexibility index (Phi) is 5.41. The largest absolute Gasteiger partial charge is 0.497 e. The lowest BCUT2D eigenvalue weighted by Gasteiger charge is -2.31. The number of pyridine rings is 1. The standard InChI is InChI=1S/C21H23N5O3/c1-29-17-7-5-16(6-8-17)21(28)22-14-19(27)25-12-9-15(10-13-25)20-24-23-18-4-2-3-11-26(18)20/h2-8,11,15H,9-10,12-14H2,1H3,(H,22,28). The summed E-state index contributed by atoms with van der Waals surface area (Å²) in [4.78, 5) is 26.5. The van der Waals surface area contributed by atoms with Crippen LogP contribution in [0.25, 0.3) is 5.65 Å². The summed E-state index contributed by atoms with van der Waals surface area (Å²) in [6.07, 6.45) is 3.62. The van der Waals surface area contributed by atoms with Crippen molar-refractivity contribution in [2.75, 3.05) is 26.7 Å². The van der Waals surface area contributed by atoms with Crippen molar-refractivity contribution in [3.8, 4) is 5.75 Å². The van der Waals surface area contributed by atoms with Gasteiger partial charge in [-0.25, -0.2) is 0 Å². The topological polar surface area (TPSA) is 88.8 Å². The number of nitrogens with zero attached hydrogens (tertiary/aromatic N) is 4. The van der Waals surface area contributed by atoms with Gasteiger partial charge in [-0.2, -0.15) is 0 Å². The van der Waals surface area contributed by atoms with Crippen LogP contribution in [0.1, 0.15) is 34.9 Å². The first kappa shape index (κ1) is 18.9. The minimum absolute atomic E-state index is 0.0105. The van der Waals surface area contributed by atoms with Crippen molar-refractivity contribution in [3.05, 3.63) is 60.0 Å². The van der Waals surface area contributed by atoms with Gasteiger partial charge in [0, 0.05) is 30.8 Å². The molecule has 8 nitrogen and oxygen atoms in total. The minimum Gasteiger partial charge on any atom is -0.497 e. The number of rotatable bonds is 5. The number of likely N-dealkylation sites (tertiary alicyclic amines) is 1. The number of ether oxygens (including phenoxy) is 1. The van der Waals surface area contributed by atoms with Crippen molar-refractivity contribution in [2.45, 2.75) is 18.8 Å². The zero-order valence-electron chi connectivity index (χ0n) is 16.2. The van der Waals surface area contributed by atoms with Gasteiger partial charge in [0.15, 0.2) is 5.65 Å². The molecule has 0 saturated carbocycles. The summed E-state index contributed by atoms with van der Waals surface area (Å²) >= 11 is 0. The van der Waals surface area contributed by atoms with Crippen LogP contribution < -0.4 is 10.1 Å². The number of fused-ring (bicyclic) bond motifs is 1. The third-order valence-electron chi connectivity index (χ3n) is 5.31. The van der Waals surface area contributed by atoms with E-state index in [9.17, 15) is 9.59 Å². The third-order valence-corrected chi connectivity index (χ3v) is 5.31. The molecule has 29 heavy (non-hydrogen) atoms. The van der Waals surface area contributed by atoms with Crippen molar-refractivity contribution in [1.29, 1.82) is 0 Å². The SMILES string of the molecule is COc1ccc(C(=O)NCC(=O)N2CCC(c3nnc4ccccn34)CC2)cc1. The number of carbonyl (C=O) groups excluding carboxylic acids is 2. The molecule has 3 heterocycles. The summed E-state index contributed by atoms with van der Waals surface area (Å²) in [6, 6.07) is 12.6. The van der Waals surface area contributed by atoms with E-state index in [0.717, 1.165) is 24.3 Å². The van der Waals surface area contributed by atoms with E-state index >= 15 is 0 Å². The monoisotopic (exact) mass is 393 g/mol. The second-order valence-corrected chi connectivity index (χ2v) is 7.05. The van der Waals surface area contributed by atoms with E-state index in [4.69, 9.17) is 4.74 Å². The highest BCUT2D eigenvalue weighted by Crippen LogP contribution is 2.27. The van der Waals surface area contributed by atoms with Crippen molar-refractivity contribution >= 4 is 17.5 Å². The van der Waals surface area contributed by atoms with Gasteiger partial charge >= 0.3 is 0 Å². The van der Waals surface area contributed by atoms with Crippen molar-refractivity contribution in [3.63, 3.8) is 0 Å². The van der Waals surface area contributed by atoms with E-state index in [1.165, 1.54) is 0 Å². The summed E-state index contributed by atoms with van der Waals surface area (Å²) in [5, 5.41) is 11.3. The number of aromatic nitrogens is 3. The summed E-state index contributed by atoms with van der Waals surface area (Å²) in [5.74, 6) is 1.55. The van der Waals surface area contributed by atoms with Crippen LogP contribution in [0.4, 0.5) is 0 Å². The molecule has 0 bridgehead atoms. The summed E-state index contributed by atoms with van der Waals surface area (Å²) < 4.78 is 7.09. The van der Waals surface area contributed by atoms with Crippen molar-refractivity contribution in [1.82, 2.24) is 24.8 Å². The second-order valence-electron chi connectivity index (χ2n) is 7.05. The molecule has 1 aliphatic rings. The minimum atomic E-state index is -0.272. The molecule has 150 valence electrons. The summed E-state index contributed by atoms with van der Waals surface area (Å²) in [7, 11) is 1.57. The first-order valence-electron chi connectivity index (χ1n) is 9.65. The maximum absolute atomic E-state index is 12.5. The number of nitrogens with one attached hydrogen (secondary N) is 1. The van der Waals surface area contributed by atoms with Gasteiger partial charge in [-0.1, -0.05) is 6.07 Å². The highest BCUT2D eigenvalue weighted by molar-refractivity contribution is 5.96. The zero-order chi connectivity index (χ0) is 20.2. The summed E-state index contributed by atoms with van der Waals surface area (Å²) in [6.45, 7) is 1.27. The quantitative estimate of drug-likeness (QED) is 0.715. The fourth-order valence-corrected chi connectivity index (χ4v) is 3.64. The molecule has 1 aliphatic heterocycles. The fraction of sp³-hybridized carbons (Fsp3) is 0.333. The number of amides is 2. The van der Waals surface area contributed by atoms with E-state index in [1.807, 2.05) is 28.8 Å². The van der Waals surface area contributed by atoms with Gasteiger partial charge in [0.1, 0.15) is 11.6 Å². The molecule has 0 aliphatic carbocycles. The lowest BCUT2D eigenvalue weighted by molar-refractivity contribution is -0.131. The van der Waals surface area contributed by atoms with E-state index in [0.29, 0.717) is 24.4 Å². The number of piperidine rings is 1. The van der Waals surface area contributed by atoms with Crippen LogP contribution in [-0.2, 0) is 4.79 Å². The van der Waals surface area contributed by atoms with Crippen molar-refractivity contribution < 1.29 is 14.3 Å². The zero-order valence-corrected chi connectivity index (χ0v) is 16.2. The highest BCUT2D eigenvalue weighted by Gasteiger charge is 2.26. The maximum Gasteiger partial charge on any atom is 0.251 e. The molecule has 2 aromatic heterocycles. The van der Waals surface area contributed by atoms with E-state index < -0.39 is 0 Å². The molecule has 1 saturated heterocycles. The molecule has 0 radical (unpaired) electrons. The molecule has 8 heteroatoms. The molecule has 0 atom stereocenters. The number of hydrogen-bond acceptors (Lipinski definition) is 5. The molecular weight excluding hydrogens is 370 g/mol. The third kappa shape index (κ3) is 4.06. The number of carbonyl (C=O) groups is 2. The Hall–Kier alpha value is -3.42. The van der Waals surface area contributed by atoms with Crippen LogP contribution in [0.5, 0.6) is 5.75 Å². The maximum atomic E-state index is 12.5. The molecule has 3 aromatic rings. The molecule has 1 fully saturated rings. The molecule has 1 N–H and O–H groups in total. The van der Waals surface area contributed by atoms with Gasteiger partial charge in [0.25, 0.3) is 5.91 Å². The Morgan fingerprint density at radius 1 is 1.10 bits per heavy atom. The molecule has 0 spiro atoms. The average molecular weight is 393 g/mol. The molecular formula is C21H23N5O3.